The lowest BCUT2D eigenvalue weighted by Gasteiger charge is -2.40. The van der Waals surface area contributed by atoms with Crippen molar-refractivity contribution in [2.75, 3.05) is 27.2 Å². The van der Waals surface area contributed by atoms with Crippen molar-refractivity contribution >= 4 is 11.8 Å². The summed E-state index contributed by atoms with van der Waals surface area (Å²) in [4.78, 5) is 34.5. The highest BCUT2D eigenvalue weighted by atomic mass is 19.1. The maximum absolute atomic E-state index is 14.3. The summed E-state index contributed by atoms with van der Waals surface area (Å²) in [5, 5.41) is 10.2. The summed E-state index contributed by atoms with van der Waals surface area (Å²) < 4.78 is 19.4. The summed E-state index contributed by atoms with van der Waals surface area (Å²) in [5.41, 5.74) is 0.586. The van der Waals surface area contributed by atoms with E-state index in [2.05, 4.69) is 39.4 Å². The number of likely N-dealkylation sites (N-methyl/N-ethyl adjacent to an activating group) is 1. The van der Waals surface area contributed by atoms with Gasteiger partial charge in [0, 0.05) is 48.3 Å². The molecule has 35 heavy (non-hydrogen) atoms. The summed E-state index contributed by atoms with van der Waals surface area (Å²) in [7, 11) is 3.56. The molecule has 1 aliphatic carbocycles. The number of ether oxygens (including phenoxy) is 1. The predicted octanol–water partition coefficient (Wildman–Crippen LogP) is 2.60. The van der Waals surface area contributed by atoms with Crippen molar-refractivity contribution in [3.63, 3.8) is 0 Å². The normalized spacial score (nSPS) is 25.9. The Hall–Kier alpha value is -3.01. The van der Waals surface area contributed by atoms with Gasteiger partial charge in [-0.05, 0) is 58.6 Å². The molecule has 2 aromatic heterocycles. The van der Waals surface area contributed by atoms with Crippen LogP contribution < -0.4 is 10.1 Å². The van der Waals surface area contributed by atoms with E-state index in [-0.39, 0.29) is 46.5 Å². The number of carbonyl (C=O) groups excluding carboxylic acids is 2. The zero-order valence-corrected chi connectivity index (χ0v) is 20.5. The largest absolute Gasteiger partial charge is 0.481 e. The van der Waals surface area contributed by atoms with Gasteiger partial charge in [0.2, 0.25) is 11.8 Å². The van der Waals surface area contributed by atoms with Crippen molar-refractivity contribution in [2.24, 2.45) is 5.92 Å². The molecule has 4 heterocycles. The first-order valence-electron chi connectivity index (χ1n) is 12.4. The number of nitrogens with one attached hydrogen (secondary N) is 2. The highest BCUT2D eigenvalue weighted by Crippen LogP contribution is 2.50. The van der Waals surface area contributed by atoms with Gasteiger partial charge in [-0.3, -0.25) is 14.7 Å². The first kappa shape index (κ1) is 23.7. The second kappa shape index (κ2) is 9.22. The van der Waals surface area contributed by atoms with E-state index in [0.29, 0.717) is 31.1 Å². The fourth-order valence-corrected chi connectivity index (χ4v) is 5.52. The number of piperidine rings is 2. The van der Waals surface area contributed by atoms with Gasteiger partial charge in [0.15, 0.2) is 11.5 Å². The molecule has 2 aliphatic heterocycles. The fourth-order valence-electron chi connectivity index (χ4n) is 5.52. The number of hydrogen-bond donors (Lipinski definition) is 2. The lowest BCUT2D eigenvalue weighted by atomic mass is 9.87. The molecule has 188 valence electrons. The Morgan fingerprint density at radius 1 is 1.26 bits per heavy atom. The SMILES string of the molecule is COc1cc(-c2cc(C(=O)N3CC[C@H](C(=O)N[C@@H]4CC[C@H](C)N(C)C4)CC34CC4)n[nH]2)c(F)cn1. The Morgan fingerprint density at radius 3 is 2.77 bits per heavy atom. The monoisotopic (exact) mass is 484 g/mol. The van der Waals surface area contributed by atoms with Crippen LogP contribution in [0.25, 0.3) is 11.3 Å². The van der Waals surface area contributed by atoms with Crippen molar-refractivity contribution in [2.45, 2.75) is 63.1 Å². The minimum atomic E-state index is -0.530. The molecule has 0 aromatic carbocycles. The molecule has 5 rings (SSSR count). The topological polar surface area (TPSA) is 103 Å². The van der Waals surface area contributed by atoms with Gasteiger partial charge < -0.3 is 19.9 Å². The number of pyridine rings is 1. The molecule has 1 spiro atoms. The van der Waals surface area contributed by atoms with Crippen LogP contribution in [0.3, 0.4) is 0 Å². The number of aromatic amines is 1. The third-order valence-electron chi connectivity index (χ3n) is 8.01. The lowest BCUT2D eigenvalue weighted by Crippen LogP contribution is -2.54. The number of rotatable bonds is 5. The fraction of sp³-hybridized carbons (Fsp3) is 0.600. The highest BCUT2D eigenvalue weighted by molar-refractivity contribution is 5.94. The molecule has 1 saturated carbocycles. The summed E-state index contributed by atoms with van der Waals surface area (Å²) in [6, 6.07) is 3.77. The van der Waals surface area contributed by atoms with Crippen LogP contribution in [-0.2, 0) is 4.79 Å². The second-order valence-corrected chi connectivity index (χ2v) is 10.3. The molecule has 9 nitrogen and oxygen atoms in total. The lowest BCUT2D eigenvalue weighted by molar-refractivity contribution is -0.128. The van der Waals surface area contributed by atoms with Crippen LogP contribution in [0.4, 0.5) is 4.39 Å². The highest BCUT2D eigenvalue weighted by Gasteiger charge is 2.54. The molecule has 3 atom stereocenters. The summed E-state index contributed by atoms with van der Waals surface area (Å²) >= 11 is 0. The van der Waals surface area contributed by atoms with Gasteiger partial charge in [-0.2, -0.15) is 5.10 Å². The van der Waals surface area contributed by atoms with Crippen LogP contribution in [0, 0.1) is 11.7 Å². The summed E-state index contributed by atoms with van der Waals surface area (Å²) in [6.07, 6.45) is 6.25. The van der Waals surface area contributed by atoms with E-state index in [1.54, 1.807) is 6.07 Å². The van der Waals surface area contributed by atoms with Crippen LogP contribution >= 0.6 is 0 Å². The van der Waals surface area contributed by atoms with E-state index in [1.165, 1.54) is 13.2 Å². The van der Waals surface area contributed by atoms with Crippen molar-refractivity contribution in [3.8, 4) is 17.1 Å². The average molecular weight is 485 g/mol. The molecule has 3 fully saturated rings. The van der Waals surface area contributed by atoms with Gasteiger partial charge >= 0.3 is 0 Å². The molecule has 2 aromatic rings. The van der Waals surface area contributed by atoms with Gasteiger partial charge in [-0.15, -0.1) is 0 Å². The van der Waals surface area contributed by atoms with Crippen LogP contribution in [0.1, 0.15) is 55.9 Å². The maximum Gasteiger partial charge on any atom is 0.274 e. The minimum absolute atomic E-state index is 0.0840. The van der Waals surface area contributed by atoms with Crippen LogP contribution in [0.2, 0.25) is 0 Å². The number of nitrogens with zero attached hydrogens (tertiary/aromatic N) is 4. The smallest absolute Gasteiger partial charge is 0.274 e. The second-order valence-electron chi connectivity index (χ2n) is 10.3. The van der Waals surface area contributed by atoms with Crippen LogP contribution in [-0.4, -0.2) is 81.7 Å². The number of likely N-dealkylation sites (tertiary alicyclic amines) is 2. The first-order valence-corrected chi connectivity index (χ1v) is 12.4. The molecular formula is C25H33FN6O3. The van der Waals surface area contributed by atoms with Crippen LogP contribution in [0.5, 0.6) is 5.88 Å². The molecular weight excluding hydrogens is 451 g/mol. The average Bonchev–Trinajstić information content (AvgIpc) is 3.42. The molecule has 2 N–H and O–H groups in total. The number of halogens is 1. The van der Waals surface area contributed by atoms with E-state index in [9.17, 15) is 14.0 Å². The number of methoxy groups -OCH3 is 1. The number of amides is 2. The molecule has 0 bridgehead atoms. The summed E-state index contributed by atoms with van der Waals surface area (Å²) in [6.45, 7) is 3.60. The Kier molecular flexibility index (Phi) is 6.25. The van der Waals surface area contributed by atoms with Gasteiger partial charge in [-0.1, -0.05) is 0 Å². The van der Waals surface area contributed by atoms with E-state index in [1.807, 2.05) is 4.90 Å². The number of aromatic nitrogens is 3. The molecule has 10 heteroatoms. The van der Waals surface area contributed by atoms with Crippen molar-refractivity contribution in [1.82, 2.24) is 30.3 Å². The van der Waals surface area contributed by atoms with Gasteiger partial charge in [0.05, 0.1) is 19.0 Å². The Labute approximate surface area is 204 Å². The molecule has 0 radical (unpaired) electrons. The standard InChI is InChI=1S/C25H33FN6O3/c1-15-4-5-17(14-31(15)2)28-23(33)16-6-9-32(25(12-16)7-8-25)24(34)21-11-20(29-30-21)18-10-22(35-3)27-13-19(18)26/h10-11,13,15-17H,4-9,12,14H2,1-3H3,(H,28,33)(H,29,30)/t15-,16-,17+/m0/s1. The van der Waals surface area contributed by atoms with E-state index in [4.69, 9.17) is 4.74 Å². The molecule has 3 aliphatic rings. The third-order valence-corrected chi connectivity index (χ3v) is 8.01. The van der Waals surface area contributed by atoms with Gasteiger partial charge in [0.1, 0.15) is 0 Å². The predicted molar refractivity (Wildman–Crippen MR) is 127 cm³/mol. The molecule has 0 unspecified atom stereocenters. The summed E-state index contributed by atoms with van der Waals surface area (Å²) in [5.74, 6) is -0.416. The van der Waals surface area contributed by atoms with Gasteiger partial charge in [0.25, 0.3) is 5.91 Å². The minimum Gasteiger partial charge on any atom is -0.481 e. The van der Waals surface area contributed by atoms with E-state index < -0.39 is 5.82 Å². The van der Waals surface area contributed by atoms with E-state index in [0.717, 1.165) is 38.4 Å². The molecule has 2 saturated heterocycles. The Morgan fingerprint density at radius 2 is 2.06 bits per heavy atom. The van der Waals surface area contributed by atoms with Crippen LogP contribution in [0.15, 0.2) is 18.3 Å². The number of H-pyrrole nitrogens is 1. The zero-order chi connectivity index (χ0) is 24.7. The molecule has 2 amide bonds. The van der Waals surface area contributed by atoms with Crippen molar-refractivity contribution in [1.29, 1.82) is 0 Å². The Balaban J connectivity index is 1.24. The quantitative estimate of drug-likeness (QED) is 0.676. The first-order chi connectivity index (χ1) is 16.8. The van der Waals surface area contributed by atoms with Crippen molar-refractivity contribution < 1.29 is 18.7 Å². The number of hydrogen-bond acceptors (Lipinski definition) is 6. The Bertz CT molecular complexity index is 1120. The number of carbonyl (C=O) groups is 2. The zero-order valence-electron chi connectivity index (χ0n) is 20.5. The van der Waals surface area contributed by atoms with Gasteiger partial charge in [-0.25, -0.2) is 9.37 Å². The third kappa shape index (κ3) is 4.63. The van der Waals surface area contributed by atoms with Crippen molar-refractivity contribution in [3.05, 3.63) is 29.8 Å². The van der Waals surface area contributed by atoms with E-state index >= 15 is 0 Å². The maximum atomic E-state index is 14.3.